The van der Waals surface area contributed by atoms with Gasteiger partial charge >= 0.3 is 5.97 Å². The van der Waals surface area contributed by atoms with Crippen LogP contribution in [0.5, 0.6) is 0 Å². The van der Waals surface area contributed by atoms with Gasteiger partial charge in [0.15, 0.2) is 5.78 Å². The summed E-state index contributed by atoms with van der Waals surface area (Å²) in [6.07, 6.45) is 4.13. The van der Waals surface area contributed by atoms with E-state index in [1.807, 2.05) is 44.4 Å². The number of benzene rings is 1. The summed E-state index contributed by atoms with van der Waals surface area (Å²) in [6.45, 7) is 4.91. The molecule has 150 valence electrons. The van der Waals surface area contributed by atoms with Gasteiger partial charge in [-0.2, -0.15) is 0 Å². The Morgan fingerprint density at radius 3 is 2.64 bits per heavy atom. The minimum atomic E-state index is -0.581. The molecule has 0 saturated carbocycles. The highest BCUT2D eigenvalue weighted by molar-refractivity contribution is 7.98. The molecule has 0 bridgehead atoms. The van der Waals surface area contributed by atoms with Gasteiger partial charge in [0.1, 0.15) is 12.5 Å². The number of hydrogen-bond acceptors (Lipinski definition) is 6. The van der Waals surface area contributed by atoms with Crippen molar-refractivity contribution >= 4 is 29.2 Å². The van der Waals surface area contributed by atoms with Crippen molar-refractivity contribution in [3.63, 3.8) is 0 Å². The molecule has 1 unspecified atom stereocenters. The van der Waals surface area contributed by atoms with Crippen LogP contribution < -0.4 is 0 Å². The number of aliphatic imine (C=N–C) groups is 1. The van der Waals surface area contributed by atoms with E-state index >= 15 is 0 Å². The molecule has 1 aliphatic carbocycles. The summed E-state index contributed by atoms with van der Waals surface area (Å²) in [5, 5.41) is 0. The predicted octanol–water partition coefficient (Wildman–Crippen LogP) is 4.17. The van der Waals surface area contributed by atoms with Gasteiger partial charge < -0.3 is 9.47 Å². The Hall–Kier alpha value is -1.92. The Balaban J connectivity index is 1.96. The van der Waals surface area contributed by atoms with Crippen LogP contribution in [0.3, 0.4) is 0 Å². The predicted molar refractivity (Wildman–Crippen MR) is 111 cm³/mol. The first-order chi connectivity index (χ1) is 13.6. The number of esters is 1. The third-order valence-corrected chi connectivity index (χ3v) is 5.98. The summed E-state index contributed by atoms with van der Waals surface area (Å²) in [6, 6.07) is 8.10. The summed E-state index contributed by atoms with van der Waals surface area (Å²) in [4.78, 5) is 31.6. The zero-order valence-corrected chi connectivity index (χ0v) is 17.5. The molecule has 0 amide bonds. The van der Waals surface area contributed by atoms with Gasteiger partial charge in [0, 0.05) is 40.8 Å². The van der Waals surface area contributed by atoms with Crippen LogP contribution in [0, 0.1) is 5.92 Å². The first kappa shape index (κ1) is 20.8. The maximum Gasteiger partial charge on any atom is 0.315 e. The standard InChI is InChI=1S/C22H27NO4S/c1-4-26-12-13-27-22(25)19-14(2)23-17-6-5-7-18(24)21(17)20(19)15-8-10-16(28-3)11-9-15/h8-11,19-20H,4-7,12-13H2,1-3H3/t19?,20-/m1/s1. The van der Waals surface area contributed by atoms with Gasteiger partial charge in [-0.3, -0.25) is 14.6 Å². The van der Waals surface area contributed by atoms with Crippen LogP contribution in [-0.4, -0.2) is 43.5 Å². The van der Waals surface area contributed by atoms with E-state index < -0.39 is 5.92 Å². The van der Waals surface area contributed by atoms with E-state index in [4.69, 9.17) is 9.47 Å². The number of rotatable bonds is 7. The number of carbonyl (C=O) groups excluding carboxylic acids is 2. The van der Waals surface area contributed by atoms with E-state index in [0.717, 1.165) is 29.0 Å². The van der Waals surface area contributed by atoms with Crippen LogP contribution in [0.25, 0.3) is 0 Å². The van der Waals surface area contributed by atoms with Gasteiger partial charge in [-0.15, -0.1) is 11.8 Å². The molecule has 1 aromatic carbocycles. The van der Waals surface area contributed by atoms with Gasteiger partial charge in [-0.05, 0) is 50.6 Å². The fraction of sp³-hybridized carbons (Fsp3) is 0.500. The largest absolute Gasteiger partial charge is 0.463 e. The molecule has 6 heteroatoms. The zero-order chi connectivity index (χ0) is 20.1. The van der Waals surface area contributed by atoms with E-state index in [-0.39, 0.29) is 24.3 Å². The molecule has 1 aliphatic heterocycles. The third-order valence-electron chi connectivity index (χ3n) is 5.24. The Morgan fingerprint density at radius 1 is 1.21 bits per heavy atom. The smallest absolute Gasteiger partial charge is 0.315 e. The first-order valence-electron chi connectivity index (χ1n) is 9.76. The average Bonchev–Trinajstić information content (AvgIpc) is 2.70. The molecular formula is C22H27NO4S. The molecule has 2 atom stereocenters. The molecule has 1 aromatic rings. The number of carbonyl (C=O) groups is 2. The fourth-order valence-corrected chi connectivity index (χ4v) is 4.33. The zero-order valence-electron chi connectivity index (χ0n) is 16.7. The van der Waals surface area contributed by atoms with E-state index in [9.17, 15) is 9.59 Å². The monoisotopic (exact) mass is 401 g/mol. The molecule has 0 radical (unpaired) electrons. The van der Waals surface area contributed by atoms with Gasteiger partial charge in [0.25, 0.3) is 0 Å². The number of nitrogens with zero attached hydrogens (tertiary/aromatic N) is 1. The molecule has 5 nitrogen and oxygen atoms in total. The maximum atomic E-state index is 13.0. The number of ether oxygens (including phenoxy) is 2. The highest BCUT2D eigenvalue weighted by Gasteiger charge is 2.43. The second-order valence-electron chi connectivity index (χ2n) is 6.98. The number of hydrogen-bond donors (Lipinski definition) is 0. The van der Waals surface area contributed by atoms with Gasteiger partial charge in [-0.1, -0.05) is 12.1 Å². The summed E-state index contributed by atoms with van der Waals surface area (Å²) in [5.41, 5.74) is 3.21. The lowest BCUT2D eigenvalue weighted by molar-refractivity contribution is -0.148. The second kappa shape index (κ2) is 9.52. The van der Waals surface area contributed by atoms with Crippen molar-refractivity contribution in [2.75, 3.05) is 26.1 Å². The minimum absolute atomic E-state index is 0.101. The highest BCUT2D eigenvalue weighted by Crippen LogP contribution is 2.43. The summed E-state index contributed by atoms with van der Waals surface area (Å²) < 4.78 is 10.7. The lowest BCUT2D eigenvalue weighted by Gasteiger charge is -2.34. The maximum absolute atomic E-state index is 13.0. The van der Waals surface area contributed by atoms with Gasteiger partial charge in [0.2, 0.25) is 0 Å². The summed E-state index contributed by atoms with van der Waals surface area (Å²) >= 11 is 1.66. The lowest BCUT2D eigenvalue weighted by atomic mass is 9.72. The van der Waals surface area contributed by atoms with Crippen LogP contribution in [-0.2, 0) is 19.1 Å². The number of thioether (sulfide) groups is 1. The quantitative estimate of drug-likeness (QED) is 0.390. The Labute approximate surface area is 170 Å². The van der Waals surface area contributed by atoms with Gasteiger partial charge in [-0.25, -0.2) is 0 Å². The van der Waals surface area contributed by atoms with Gasteiger partial charge in [0.05, 0.1) is 6.61 Å². The van der Waals surface area contributed by atoms with E-state index in [1.165, 1.54) is 0 Å². The Kier molecular flexibility index (Phi) is 7.08. The normalized spacial score (nSPS) is 22.0. The van der Waals surface area contributed by atoms with Crippen molar-refractivity contribution < 1.29 is 19.1 Å². The topological polar surface area (TPSA) is 65.0 Å². The van der Waals surface area contributed by atoms with Crippen molar-refractivity contribution in [3.8, 4) is 0 Å². The van der Waals surface area contributed by atoms with Crippen LogP contribution in [0.1, 0.15) is 44.6 Å². The molecular weight excluding hydrogens is 374 g/mol. The molecule has 0 N–H and O–H groups in total. The van der Waals surface area contributed by atoms with E-state index in [1.54, 1.807) is 11.8 Å². The molecule has 28 heavy (non-hydrogen) atoms. The van der Waals surface area contributed by atoms with E-state index in [0.29, 0.717) is 30.9 Å². The molecule has 1 heterocycles. The molecule has 0 aromatic heterocycles. The molecule has 0 saturated heterocycles. The van der Waals surface area contributed by atoms with Crippen LogP contribution in [0.2, 0.25) is 0 Å². The molecule has 0 fully saturated rings. The molecule has 0 spiro atoms. The van der Waals surface area contributed by atoms with Crippen molar-refractivity contribution in [2.45, 2.75) is 43.9 Å². The number of ketones is 1. The Morgan fingerprint density at radius 2 is 1.96 bits per heavy atom. The number of Topliss-reactive ketones (excluding diaryl/α,β-unsaturated/α-hetero) is 1. The van der Waals surface area contributed by atoms with Crippen LogP contribution in [0.4, 0.5) is 0 Å². The van der Waals surface area contributed by atoms with Crippen LogP contribution in [0.15, 0.2) is 45.4 Å². The van der Waals surface area contributed by atoms with Crippen molar-refractivity contribution in [1.82, 2.24) is 0 Å². The molecule has 3 rings (SSSR count). The lowest BCUT2D eigenvalue weighted by Crippen LogP contribution is -2.37. The number of allylic oxidation sites excluding steroid dienone is 2. The summed E-state index contributed by atoms with van der Waals surface area (Å²) in [7, 11) is 0. The average molecular weight is 402 g/mol. The van der Waals surface area contributed by atoms with Crippen molar-refractivity contribution in [3.05, 3.63) is 41.1 Å². The second-order valence-corrected chi connectivity index (χ2v) is 7.86. The molecule has 2 aliphatic rings. The fourth-order valence-electron chi connectivity index (χ4n) is 3.92. The summed E-state index contributed by atoms with van der Waals surface area (Å²) in [5.74, 6) is -1.16. The SMILES string of the molecule is CCOCCOC(=O)C1C(C)=NC2=C(C(=O)CCC2)[C@@H]1c1ccc(SC)cc1. The minimum Gasteiger partial charge on any atom is -0.463 e. The Bertz CT molecular complexity index is 797. The van der Waals surface area contributed by atoms with Crippen molar-refractivity contribution in [1.29, 1.82) is 0 Å². The van der Waals surface area contributed by atoms with E-state index in [2.05, 4.69) is 4.99 Å². The first-order valence-corrected chi connectivity index (χ1v) is 11.0. The van der Waals surface area contributed by atoms with Crippen LogP contribution >= 0.6 is 11.8 Å². The highest BCUT2D eigenvalue weighted by atomic mass is 32.2. The van der Waals surface area contributed by atoms with Crippen molar-refractivity contribution in [2.24, 2.45) is 10.9 Å². The third kappa shape index (κ3) is 4.39.